The smallest absolute Gasteiger partial charge is 0.224 e. The second-order valence-corrected chi connectivity index (χ2v) is 8.02. The quantitative estimate of drug-likeness (QED) is 0.522. The summed E-state index contributed by atoms with van der Waals surface area (Å²) in [5.74, 6) is -0.910. The van der Waals surface area contributed by atoms with E-state index < -0.39 is 30.2 Å². The first kappa shape index (κ1) is 24.9. The lowest BCUT2D eigenvalue weighted by Crippen LogP contribution is -2.57. The van der Waals surface area contributed by atoms with Crippen molar-refractivity contribution in [3.8, 4) is 5.75 Å². The molecule has 3 N–H and O–H groups in total. The highest BCUT2D eigenvalue weighted by Gasteiger charge is 2.51. The van der Waals surface area contributed by atoms with Crippen molar-refractivity contribution < 1.29 is 34.3 Å². The lowest BCUT2D eigenvalue weighted by molar-refractivity contribution is -0.344. The molecule has 0 bridgehead atoms. The predicted molar refractivity (Wildman–Crippen MR) is 120 cm³/mol. The van der Waals surface area contributed by atoms with Crippen LogP contribution in [0.1, 0.15) is 43.1 Å². The van der Waals surface area contributed by atoms with Gasteiger partial charge in [-0.3, -0.25) is 0 Å². The minimum Gasteiger partial charge on any atom is -0.494 e. The van der Waals surface area contributed by atoms with Gasteiger partial charge in [-0.15, -0.1) is 0 Å². The van der Waals surface area contributed by atoms with Gasteiger partial charge < -0.3 is 34.3 Å². The van der Waals surface area contributed by atoms with Crippen molar-refractivity contribution in [1.29, 1.82) is 0 Å². The Morgan fingerprint density at radius 2 is 1.84 bits per heavy atom. The number of ether oxygens (including phenoxy) is 4. The van der Waals surface area contributed by atoms with E-state index in [1.54, 1.807) is 18.2 Å². The standard InChI is InChI=1S/C24H31ClO7/c1-4-30-17-9-6-15(7-10-17)22(31-5-2)19-12-16(8-11-20(19)25)24(29-3)23(28)21(27)13-18(14-26)32-24/h6-12,18,21-23,26-28H,4-5,13-14H2,1-3H3/t18-,21-,22?,23+,24?/m0/s1. The molecule has 1 aliphatic rings. The normalized spacial score (nSPS) is 26.7. The summed E-state index contributed by atoms with van der Waals surface area (Å²) in [6.45, 7) is 4.52. The Balaban J connectivity index is 2.05. The van der Waals surface area contributed by atoms with Crippen molar-refractivity contribution in [1.82, 2.24) is 0 Å². The molecule has 2 aromatic rings. The number of methoxy groups -OCH3 is 1. The highest BCUT2D eigenvalue weighted by molar-refractivity contribution is 6.31. The number of hydrogen-bond acceptors (Lipinski definition) is 7. The number of rotatable bonds is 9. The molecule has 0 radical (unpaired) electrons. The fourth-order valence-electron chi connectivity index (χ4n) is 4.05. The van der Waals surface area contributed by atoms with Crippen LogP contribution in [-0.4, -0.2) is 60.6 Å². The van der Waals surface area contributed by atoms with Crippen LogP contribution in [0.3, 0.4) is 0 Å². The molecule has 8 heteroatoms. The second kappa shape index (κ2) is 10.9. The number of aliphatic hydroxyl groups is 3. The third kappa shape index (κ3) is 4.94. The molecule has 7 nitrogen and oxygen atoms in total. The van der Waals surface area contributed by atoms with Gasteiger partial charge in [-0.25, -0.2) is 0 Å². The van der Waals surface area contributed by atoms with Gasteiger partial charge in [0.1, 0.15) is 18.0 Å². The number of hydrogen-bond donors (Lipinski definition) is 3. The molecule has 1 aliphatic heterocycles. The Labute approximate surface area is 193 Å². The first-order valence-corrected chi connectivity index (χ1v) is 11.1. The van der Waals surface area contributed by atoms with Gasteiger partial charge in [-0.1, -0.05) is 29.8 Å². The topological polar surface area (TPSA) is 97.6 Å². The molecule has 0 aliphatic carbocycles. The molecule has 32 heavy (non-hydrogen) atoms. The Hall–Kier alpha value is -1.71. The first-order chi connectivity index (χ1) is 15.4. The molecule has 0 saturated carbocycles. The molecule has 176 valence electrons. The van der Waals surface area contributed by atoms with E-state index in [4.69, 9.17) is 30.5 Å². The molecule has 2 aromatic carbocycles. The summed E-state index contributed by atoms with van der Waals surface area (Å²) in [4.78, 5) is 0. The highest BCUT2D eigenvalue weighted by atomic mass is 35.5. The van der Waals surface area contributed by atoms with Gasteiger partial charge in [-0.2, -0.15) is 0 Å². The molecule has 0 aromatic heterocycles. The third-order valence-corrected chi connectivity index (χ3v) is 5.96. The molecular weight excluding hydrogens is 436 g/mol. The molecule has 0 amide bonds. The van der Waals surface area contributed by atoms with E-state index in [9.17, 15) is 15.3 Å². The van der Waals surface area contributed by atoms with E-state index in [-0.39, 0.29) is 13.0 Å². The second-order valence-electron chi connectivity index (χ2n) is 7.62. The van der Waals surface area contributed by atoms with Gasteiger partial charge in [0.2, 0.25) is 5.79 Å². The van der Waals surface area contributed by atoms with Crippen LogP contribution in [0.5, 0.6) is 5.75 Å². The summed E-state index contributed by atoms with van der Waals surface area (Å²) in [6.07, 6.45) is -3.58. The summed E-state index contributed by atoms with van der Waals surface area (Å²) < 4.78 is 23.1. The van der Waals surface area contributed by atoms with Gasteiger partial charge in [0.05, 0.1) is 25.4 Å². The van der Waals surface area contributed by atoms with Crippen molar-refractivity contribution in [3.05, 3.63) is 64.2 Å². The van der Waals surface area contributed by atoms with E-state index in [0.717, 1.165) is 11.3 Å². The Morgan fingerprint density at radius 3 is 2.44 bits per heavy atom. The van der Waals surface area contributed by atoms with Crippen molar-refractivity contribution >= 4 is 11.6 Å². The maximum absolute atomic E-state index is 10.8. The molecule has 1 heterocycles. The first-order valence-electron chi connectivity index (χ1n) is 10.7. The number of benzene rings is 2. The monoisotopic (exact) mass is 466 g/mol. The van der Waals surface area contributed by atoms with Crippen LogP contribution in [0.15, 0.2) is 42.5 Å². The van der Waals surface area contributed by atoms with Crippen molar-refractivity contribution in [2.45, 2.75) is 50.5 Å². The van der Waals surface area contributed by atoms with Gasteiger partial charge >= 0.3 is 0 Å². The molecule has 2 unspecified atom stereocenters. The van der Waals surface area contributed by atoms with Gasteiger partial charge in [0.25, 0.3) is 0 Å². The molecular formula is C24H31ClO7. The minimum atomic E-state index is -1.67. The van der Waals surface area contributed by atoms with Crippen LogP contribution in [0, 0.1) is 0 Å². The zero-order chi connectivity index (χ0) is 23.3. The SMILES string of the molecule is CCOc1ccc(C(OCC)c2cc(C3(OC)O[C@H](CO)C[C@H](O)[C@H]3O)ccc2Cl)cc1. The maximum Gasteiger partial charge on any atom is 0.224 e. The van der Waals surface area contributed by atoms with E-state index in [1.165, 1.54) is 7.11 Å². The maximum atomic E-state index is 10.8. The summed E-state index contributed by atoms with van der Waals surface area (Å²) >= 11 is 6.57. The molecule has 3 rings (SSSR count). The lowest BCUT2D eigenvalue weighted by atomic mass is 9.88. The third-order valence-electron chi connectivity index (χ3n) is 5.61. The van der Waals surface area contributed by atoms with E-state index in [0.29, 0.717) is 29.4 Å². The summed E-state index contributed by atoms with van der Waals surface area (Å²) in [7, 11) is 1.39. The van der Waals surface area contributed by atoms with Crippen LogP contribution in [0.2, 0.25) is 5.02 Å². The van der Waals surface area contributed by atoms with Crippen LogP contribution in [0.4, 0.5) is 0 Å². The van der Waals surface area contributed by atoms with Crippen LogP contribution >= 0.6 is 11.6 Å². The largest absolute Gasteiger partial charge is 0.494 e. The Kier molecular flexibility index (Phi) is 8.52. The van der Waals surface area contributed by atoms with Crippen LogP contribution in [-0.2, 0) is 20.0 Å². The fraction of sp³-hybridized carbons (Fsp3) is 0.500. The van der Waals surface area contributed by atoms with Gasteiger partial charge in [-0.05, 0) is 43.7 Å². The Morgan fingerprint density at radius 1 is 1.12 bits per heavy atom. The summed E-state index contributed by atoms with van der Waals surface area (Å²) in [5.41, 5.74) is 1.99. The van der Waals surface area contributed by atoms with E-state index in [1.807, 2.05) is 38.1 Å². The lowest BCUT2D eigenvalue weighted by Gasteiger charge is -2.45. The average molecular weight is 467 g/mol. The van der Waals surface area contributed by atoms with Crippen LogP contribution in [0.25, 0.3) is 0 Å². The van der Waals surface area contributed by atoms with Gasteiger partial charge in [0.15, 0.2) is 0 Å². The van der Waals surface area contributed by atoms with Crippen LogP contribution < -0.4 is 4.74 Å². The van der Waals surface area contributed by atoms with E-state index >= 15 is 0 Å². The minimum absolute atomic E-state index is 0.0942. The zero-order valence-corrected chi connectivity index (χ0v) is 19.3. The fourth-order valence-corrected chi connectivity index (χ4v) is 4.27. The van der Waals surface area contributed by atoms with Gasteiger partial charge in [0, 0.05) is 36.3 Å². The number of aliphatic hydroxyl groups excluding tert-OH is 3. The molecule has 1 saturated heterocycles. The molecule has 5 atom stereocenters. The van der Waals surface area contributed by atoms with Crippen molar-refractivity contribution in [2.75, 3.05) is 26.9 Å². The summed E-state index contributed by atoms with van der Waals surface area (Å²) in [6, 6.07) is 12.7. The average Bonchev–Trinajstić information content (AvgIpc) is 2.81. The molecule has 0 spiro atoms. The Bertz CT molecular complexity index is 875. The predicted octanol–water partition coefficient (Wildman–Crippen LogP) is 3.17. The number of halogens is 1. The highest BCUT2D eigenvalue weighted by Crippen LogP contribution is 2.42. The molecule has 1 fully saturated rings. The van der Waals surface area contributed by atoms with E-state index in [2.05, 4.69) is 0 Å². The van der Waals surface area contributed by atoms with Crippen molar-refractivity contribution in [2.24, 2.45) is 0 Å². The van der Waals surface area contributed by atoms with Crippen molar-refractivity contribution in [3.63, 3.8) is 0 Å². The summed E-state index contributed by atoms with van der Waals surface area (Å²) in [5, 5.41) is 31.3. The zero-order valence-electron chi connectivity index (χ0n) is 18.5.